The molecule has 1 fully saturated rings. The van der Waals surface area contributed by atoms with Crippen molar-refractivity contribution in [2.75, 3.05) is 13.1 Å². The first-order valence-corrected chi connectivity index (χ1v) is 11.1. The summed E-state index contributed by atoms with van der Waals surface area (Å²) in [5, 5.41) is 5.01. The largest absolute Gasteiger partial charge is 0.485 e. The molecule has 0 unspecified atom stereocenters. The van der Waals surface area contributed by atoms with Crippen LogP contribution in [0.4, 0.5) is 0 Å². The Balaban J connectivity index is 1.59. The molecule has 2 aliphatic rings. The van der Waals surface area contributed by atoms with E-state index in [-0.39, 0.29) is 12.0 Å². The van der Waals surface area contributed by atoms with Crippen molar-refractivity contribution >= 4 is 34.8 Å². The maximum Gasteiger partial charge on any atom is 0.165 e. The fourth-order valence-corrected chi connectivity index (χ4v) is 5.30. The molecule has 1 saturated heterocycles. The summed E-state index contributed by atoms with van der Waals surface area (Å²) in [5.41, 5.74) is 3.88. The van der Waals surface area contributed by atoms with Gasteiger partial charge in [0.1, 0.15) is 12.7 Å². The zero-order chi connectivity index (χ0) is 20.7. The van der Waals surface area contributed by atoms with Crippen molar-refractivity contribution in [1.29, 1.82) is 0 Å². The molecular formula is C24H20Cl3NO2. The van der Waals surface area contributed by atoms with Crippen molar-refractivity contribution in [3.63, 3.8) is 0 Å². The van der Waals surface area contributed by atoms with Gasteiger partial charge < -0.3 is 14.8 Å². The molecule has 3 aromatic rings. The van der Waals surface area contributed by atoms with Crippen LogP contribution in [0.25, 0.3) is 11.1 Å². The number of rotatable bonds is 4. The second kappa shape index (κ2) is 8.32. The lowest BCUT2D eigenvalue weighted by atomic mass is 9.89. The Hall–Kier alpha value is -1.91. The van der Waals surface area contributed by atoms with Gasteiger partial charge in [0.15, 0.2) is 11.5 Å². The van der Waals surface area contributed by atoms with Crippen LogP contribution in [0.15, 0.2) is 54.6 Å². The second-order valence-corrected chi connectivity index (χ2v) is 8.92. The summed E-state index contributed by atoms with van der Waals surface area (Å²) >= 11 is 19.2. The molecule has 0 bridgehead atoms. The van der Waals surface area contributed by atoms with Crippen LogP contribution in [-0.2, 0) is 6.61 Å². The van der Waals surface area contributed by atoms with Gasteiger partial charge in [-0.15, -0.1) is 0 Å². The van der Waals surface area contributed by atoms with E-state index in [4.69, 9.17) is 44.3 Å². The van der Waals surface area contributed by atoms with E-state index < -0.39 is 0 Å². The van der Waals surface area contributed by atoms with Crippen molar-refractivity contribution in [1.82, 2.24) is 5.32 Å². The smallest absolute Gasteiger partial charge is 0.165 e. The van der Waals surface area contributed by atoms with E-state index in [0.29, 0.717) is 27.4 Å². The number of ether oxygens (including phenoxy) is 2. The zero-order valence-corrected chi connectivity index (χ0v) is 18.4. The Morgan fingerprint density at radius 2 is 1.77 bits per heavy atom. The highest BCUT2D eigenvalue weighted by Crippen LogP contribution is 2.50. The predicted molar refractivity (Wildman–Crippen MR) is 122 cm³/mol. The topological polar surface area (TPSA) is 30.5 Å². The quantitative estimate of drug-likeness (QED) is 0.468. The summed E-state index contributed by atoms with van der Waals surface area (Å²) in [4.78, 5) is 0. The molecule has 5 rings (SSSR count). The number of piperidine rings is 1. The number of nitrogens with one attached hydrogen (secondary N) is 1. The molecule has 2 aliphatic heterocycles. The van der Waals surface area contributed by atoms with Gasteiger partial charge in [0.25, 0.3) is 0 Å². The highest BCUT2D eigenvalue weighted by atomic mass is 35.5. The molecule has 30 heavy (non-hydrogen) atoms. The lowest BCUT2D eigenvalue weighted by molar-refractivity contribution is 0.165. The molecule has 0 amide bonds. The number of hydrogen-bond donors (Lipinski definition) is 1. The van der Waals surface area contributed by atoms with E-state index in [2.05, 4.69) is 11.4 Å². The van der Waals surface area contributed by atoms with Crippen molar-refractivity contribution < 1.29 is 9.47 Å². The van der Waals surface area contributed by atoms with E-state index >= 15 is 0 Å². The van der Waals surface area contributed by atoms with Gasteiger partial charge in [-0.3, -0.25) is 0 Å². The summed E-state index contributed by atoms with van der Waals surface area (Å²) in [7, 11) is 0. The maximum atomic E-state index is 6.53. The number of hydrogen-bond acceptors (Lipinski definition) is 3. The lowest BCUT2D eigenvalue weighted by Crippen LogP contribution is -2.37. The van der Waals surface area contributed by atoms with Gasteiger partial charge in [0, 0.05) is 28.6 Å². The van der Waals surface area contributed by atoms with Crippen molar-refractivity contribution in [2.45, 2.75) is 25.0 Å². The first-order valence-electron chi connectivity index (χ1n) is 9.97. The fourth-order valence-electron chi connectivity index (χ4n) is 4.27. The molecule has 6 heteroatoms. The monoisotopic (exact) mass is 459 g/mol. The van der Waals surface area contributed by atoms with Gasteiger partial charge >= 0.3 is 0 Å². The summed E-state index contributed by atoms with van der Waals surface area (Å²) in [6.07, 6.45) is 1.13. The van der Waals surface area contributed by atoms with Crippen molar-refractivity contribution in [3.05, 3.63) is 80.8 Å². The van der Waals surface area contributed by atoms with Crippen LogP contribution in [0.3, 0.4) is 0 Å². The molecular weight excluding hydrogens is 441 g/mol. The number of benzene rings is 3. The molecule has 3 nitrogen and oxygen atoms in total. The Morgan fingerprint density at radius 1 is 1.00 bits per heavy atom. The third-order valence-corrected chi connectivity index (χ3v) is 6.52. The molecule has 0 aliphatic carbocycles. The molecule has 2 atom stereocenters. The van der Waals surface area contributed by atoms with Gasteiger partial charge in [-0.2, -0.15) is 0 Å². The van der Waals surface area contributed by atoms with Crippen molar-refractivity contribution in [2.24, 2.45) is 0 Å². The molecule has 0 saturated carbocycles. The Bertz CT molecular complexity index is 1060. The van der Waals surface area contributed by atoms with Crippen LogP contribution in [0.2, 0.25) is 15.1 Å². The summed E-state index contributed by atoms with van der Waals surface area (Å²) in [6.45, 7) is 2.29. The highest BCUT2D eigenvalue weighted by molar-refractivity contribution is 6.41. The summed E-state index contributed by atoms with van der Waals surface area (Å²) in [5.74, 6) is 1.81. The average molecular weight is 461 g/mol. The molecule has 154 valence electrons. The molecule has 0 radical (unpaired) electrons. The minimum Gasteiger partial charge on any atom is -0.485 e. The normalized spacial score (nSPS) is 19.7. The highest BCUT2D eigenvalue weighted by Gasteiger charge is 2.38. The van der Waals surface area contributed by atoms with E-state index in [1.54, 1.807) is 12.1 Å². The average Bonchev–Trinajstić information content (AvgIpc) is 3.11. The van der Waals surface area contributed by atoms with Crippen LogP contribution in [0.1, 0.15) is 23.5 Å². The predicted octanol–water partition coefficient (Wildman–Crippen LogP) is 6.73. The van der Waals surface area contributed by atoms with Crippen LogP contribution >= 0.6 is 34.8 Å². The standard InChI is InChI=1S/C24H20Cl3NO2/c25-16-10-19(26)23(20(27)11-16)15-8-17-18-12-28-7-6-21(18)30-24(17)22(9-15)29-13-14-4-2-1-3-5-14/h1-5,8-11,18,21,28H,6-7,12-13H2/t18-,21-/m0/s1. The first-order chi connectivity index (χ1) is 14.6. The third kappa shape index (κ3) is 3.76. The SMILES string of the molecule is Clc1cc(Cl)c(-c2cc(OCc3ccccc3)c3c(c2)[C@@H]2CNCC[C@@H]2O3)c(Cl)c1. The van der Waals surface area contributed by atoms with Crippen LogP contribution in [0.5, 0.6) is 11.5 Å². The second-order valence-electron chi connectivity index (χ2n) is 7.67. The Morgan fingerprint density at radius 3 is 2.53 bits per heavy atom. The van der Waals surface area contributed by atoms with Gasteiger partial charge in [-0.1, -0.05) is 65.1 Å². The molecule has 0 spiro atoms. The minimum absolute atomic E-state index is 0.159. The maximum absolute atomic E-state index is 6.53. The van der Waals surface area contributed by atoms with Gasteiger partial charge in [0.2, 0.25) is 0 Å². The number of halogens is 3. The third-order valence-electron chi connectivity index (χ3n) is 5.70. The summed E-state index contributed by atoms with van der Waals surface area (Å²) < 4.78 is 12.6. The Kier molecular flexibility index (Phi) is 5.55. The van der Waals surface area contributed by atoms with Crippen molar-refractivity contribution in [3.8, 4) is 22.6 Å². The molecule has 2 heterocycles. The van der Waals surface area contributed by atoms with Gasteiger partial charge in [-0.25, -0.2) is 0 Å². The minimum atomic E-state index is 0.159. The first kappa shape index (κ1) is 20.0. The van der Waals surface area contributed by atoms with Gasteiger partial charge in [-0.05, 0) is 48.4 Å². The van der Waals surface area contributed by atoms with E-state index in [1.165, 1.54) is 0 Å². The van der Waals surface area contributed by atoms with E-state index in [0.717, 1.165) is 47.5 Å². The number of fused-ring (bicyclic) bond motifs is 3. The molecule has 3 aromatic carbocycles. The van der Waals surface area contributed by atoms with E-state index in [1.807, 2.05) is 36.4 Å². The molecule has 1 N–H and O–H groups in total. The lowest BCUT2D eigenvalue weighted by Gasteiger charge is -2.24. The van der Waals surface area contributed by atoms with Crippen LogP contribution in [0, 0.1) is 0 Å². The fraction of sp³-hybridized carbons (Fsp3) is 0.250. The summed E-state index contributed by atoms with van der Waals surface area (Å²) in [6, 6.07) is 17.6. The van der Waals surface area contributed by atoms with Crippen LogP contribution in [-0.4, -0.2) is 19.2 Å². The Labute approximate surface area is 190 Å². The van der Waals surface area contributed by atoms with Gasteiger partial charge in [0.05, 0.1) is 10.0 Å². The zero-order valence-electron chi connectivity index (χ0n) is 16.1. The van der Waals surface area contributed by atoms with E-state index in [9.17, 15) is 0 Å². The van der Waals surface area contributed by atoms with Crippen LogP contribution < -0.4 is 14.8 Å². The molecule has 0 aromatic heterocycles.